The Morgan fingerprint density at radius 1 is 1.15 bits per heavy atom. The van der Waals surface area contributed by atoms with Crippen LogP contribution < -0.4 is 10.1 Å². The van der Waals surface area contributed by atoms with Gasteiger partial charge >= 0.3 is 0 Å². The summed E-state index contributed by atoms with van der Waals surface area (Å²) in [5.41, 5.74) is 4.59. The van der Waals surface area contributed by atoms with E-state index in [-0.39, 0.29) is 11.9 Å². The quantitative estimate of drug-likeness (QED) is 0.574. The Kier molecular flexibility index (Phi) is 4.37. The standard InChI is InChI=1S/C20H18N4O2S/c1-12-8-9-14(10-13(12)2)18(25)21-19-22-20-24(23-19)16(11-27-20)15-6-4-5-7-17(15)26-3/h4-11H,1-3H3,(H,21,23,25). The highest BCUT2D eigenvalue weighted by molar-refractivity contribution is 7.15. The van der Waals surface area contributed by atoms with Crippen molar-refractivity contribution in [3.05, 3.63) is 64.5 Å². The van der Waals surface area contributed by atoms with Crippen LogP contribution in [0.5, 0.6) is 5.75 Å². The van der Waals surface area contributed by atoms with E-state index < -0.39 is 0 Å². The first-order chi connectivity index (χ1) is 13.1. The number of para-hydroxylation sites is 1. The van der Waals surface area contributed by atoms with Gasteiger partial charge in [0.1, 0.15) is 5.75 Å². The Labute approximate surface area is 160 Å². The van der Waals surface area contributed by atoms with E-state index in [1.807, 2.05) is 55.6 Å². The Hall–Kier alpha value is -3.19. The molecule has 4 aromatic rings. The second-order valence-corrected chi connectivity index (χ2v) is 7.04. The number of anilines is 1. The van der Waals surface area contributed by atoms with E-state index in [1.165, 1.54) is 11.3 Å². The van der Waals surface area contributed by atoms with Gasteiger partial charge in [-0.15, -0.1) is 16.4 Å². The number of nitrogens with zero attached hydrogens (tertiary/aromatic N) is 3. The molecule has 4 rings (SSSR count). The zero-order valence-corrected chi connectivity index (χ0v) is 16.0. The predicted molar refractivity (Wildman–Crippen MR) is 107 cm³/mol. The van der Waals surface area contributed by atoms with E-state index in [0.717, 1.165) is 28.1 Å². The Balaban J connectivity index is 1.66. The average Bonchev–Trinajstić information content (AvgIpc) is 3.24. The molecule has 1 N–H and O–H groups in total. The van der Waals surface area contributed by atoms with Crippen LogP contribution >= 0.6 is 11.3 Å². The number of hydrogen-bond acceptors (Lipinski definition) is 5. The van der Waals surface area contributed by atoms with Crippen LogP contribution in [0.2, 0.25) is 0 Å². The molecule has 27 heavy (non-hydrogen) atoms. The zero-order valence-electron chi connectivity index (χ0n) is 15.2. The lowest BCUT2D eigenvalue weighted by atomic mass is 10.1. The highest BCUT2D eigenvalue weighted by Gasteiger charge is 2.16. The van der Waals surface area contributed by atoms with Crippen LogP contribution in [0.3, 0.4) is 0 Å². The fourth-order valence-corrected chi connectivity index (χ4v) is 3.65. The summed E-state index contributed by atoms with van der Waals surface area (Å²) in [5.74, 6) is 0.810. The lowest BCUT2D eigenvalue weighted by Crippen LogP contribution is -2.13. The minimum absolute atomic E-state index is 0.227. The van der Waals surface area contributed by atoms with E-state index in [1.54, 1.807) is 17.7 Å². The number of methoxy groups -OCH3 is 1. The molecule has 2 aromatic carbocycles. The van der Waals surface area contributed by atoms with Crippen molar-refractivity contribution in [3.8, 4) is 17.0 Å². The van der Waals surface area contributed by atoms with Gasteiger partial charge < -0.3 is 4.74 Å². The predicted octanol–water partition coefficient (Wildman–Crippen LogP) is 4.34. The highest BCUT2D eigenvalue weighted by atomic mass is 32.1. The molecule has 6 nitrogen and oxygen atoms in total. The van der Waals surface area contributed by atoms with Gasteiger partial charge in [-0.2, -0.15) is 4.98 Å². The summed E-state index contributed by atoms with van der Waals surface area (Å²) < 4.78 is 7.16. The zero-order chi connectivity index (χ0) is 19.0. The third-order valence-corrected chi connectivity index (χ3v) is 5.28. The van der Waals surface area contributed by atoms with E-state index in [2.05, 4.69) is 15.4 Å². The fourth-order valence-electron chi connectivity index (χ4n) is 2.83. The van der Waals surface area contributed by atoms with Gasteiger partial charge in [-0.1, -0.05) is 18.2 Å². The largest absolute Gasteiger partial charge is 0.496 e. The van der Waals surface area contributed by atoms with Crippen molar-refractivity contribution >= 4 is 28.2 Å². The van der Waals surface area contributed by atoms with Gasteiger partial charge in [-0.25, -0.2) is 4.52 Å². The van der Waals surface area contributed by atoms with Crippen LogP contribution in [-0.4, -0.2) is 27.6 Å². The molecule has 0 saturated carbocycles. The van der Waals surface area contributed by atoms with Gasteiger partial charge in [0, 0.05) is 16.5 Å². The van der Waals surface area contributed by atoms with Gasteiger partial charge in [0.15, 0.2) is 0 Å². The maximum atomic E-state index is 12.5. The molecule has 0 radical (unpaired) electrons. The number of ether oxygens (including phenoxy) is 1. The van der Waals surface area contributed by atoms with Crippen LogP contribution in [0.4, 0.5) is 5.95 Å². The Morgan fingerprint density at radius 3 is 2.74 bits per heavy atom. The van der Waals surface area contributed by atoms with Crippen LogP contribution in [-0.2, 0) is 0 Å². The fraction of sp³-hybridized carbons (Fsp3) is 0.150. The van der Waals surface area contributed by atoms with Gasteiger partial charge in [0.25, 0.3) is 11.9 Å². The third-order valence-electron chi connectivity index (χ3n) is 4.46. The van der Waals surface area contributed by atoms with Crippen LogP contribution in [0.1, 0.15) is 21.5 Å². The SMILES string of the molecule is COc1ccccc1-c1csc2nc(NC(=O)c3ccc(C)c(C)c3)nn12. The van der Waals surface area contributed by atoms with Crippen LogP contribution in [0, 0.1) is 13.8 Å². The minimum Gasteiger partial charge on any atom is -0.496 e. The average molecular weight is 378 g/mol. The molecule has 0 saturated heterocycles. The maximum Gasteiger partial charge on any atom is 0.258 e. The van der Waals surface area contributed by atoms with Crippen molar-refractivity contribution in [3.63, 3.8) is 0 Å². The van der Waals surface area contributed by atoms with Crippen LogP contribution in [0.15, 0.2) is 47.8 Å². The lowest BCUT2D eigenvalue weighted by Gasteiger charge is -2.06. The first-order valence-corrected chi connectivity index (χ1v) is 9.31. The van der Waals surface area contributed by atoms with Crippen molar-refractivity contribution in [2.45, 2.75) is 13.8 Å². The summed E-state index contributed by atoms with van der Waals surface area (Å²) in [5, 5.41) is 9.21. The second kappa shape index (κ2) is 6.85. The summed E-state index contributed by atoms with van der Waals surface area (Å²) in [4.78, 5) is 17.6. The van der Waals surface area contributed by atoms with Crippen molar-refractivity contribution in [2.75, 3.05) is 12.4 Å². The highest BCUT2D eigenvalue weighted by Crippen LogP contribution is 2.32. The van der Waals surface area contributed by atoms with Crippen molar-refractivity contribution in [2.24, 2.45) is 0 Å². The van der Waals surface area contributed by atoms with E-state index in [9.17, 15) is 4.79 Å². The monoisotopic (exact) mass is 378 g/mol. The van der Waals surface area contributed by atoms with Gasteiger partial charge in [0.2, 0.25) is 4.96 Å². The number of fused-ring (bicyclic) bond motifs is 1. The molecule has 2 aromatic heterocycles. The molecule has 0 aliphatic heterocycles. The van der Waals surface area contributed by atoms with Gasteiger partial charge in [-0.3, -0.25) is 10.1 Å². The van der Waals surface area contributed by atoms with Gasteiger partial charge in [-0.05, 0) is 49.2 Å². The summed E-state index contributed by atoms with van der Waals surface area (Å²) in [6, 6.07) is 13.3. The number of carbonyl (C=O) groups excluding carboxylic acids is 1. The minimum atomic E-state index is -0.227. The normalized spacial score (nSPS) is 10.9. The lowest BCUT2D eigenvalue weighted by molar-refractivity contribution is 0.102. The van der Waals surface area contributed by atoms with Crippen molar-refractivity contribution in [1.82, 2.24) is 14.6 Å². The number of aryl methyl sites for hydroxylation is 2. The maximum absolute atomic E-state index is 12.5. The molecular weight excluding hydrogens is 360 g/mol. The molecule has 2 heterocycles. The number of thiazole rings is 1. The summed E-state index contributed by atoms with van der Waals surface area (Å²) in [7, 11) is 1.64. The number of nitrogens with one attached hydrogen (secondary N) is 1. The summed E-state index contributed by atoms with van der Waals surface area (Å²) in [6.07, 6.45) is 0. The van der Waals surface area contributed by atoms with Crippen molar-refractivity contribution in [1.29, 1.82) is 0 Å². The first-order valence-electron chi connectivity index (χ1n) is 8.43. The van der Waals surface area contributed by atoms with E-state index >= 15 is 0 Å². The molecule has 0 bridgehead atoms. The Bertz CT molecular complexity index is 1150. The topological polar surface area (TPSA) is 68.5 Å². The molecule has 0 atom stereocenters. The molecule has 0 unspecified atom stereocenters. The van der Waals surface area contributed by atoms with E-state index in [0.29, 0.717) is 10.5 Å². The number of amides is 1. The summed E-state index contributed by atoms with van der Waals surface area (Å²) in [6.45, 7) is 4.00. The number of benzene rings is 2. The molecule has 0 aliphatic carbocycles. The third kappa shape index (κ3) is 3.17. The van der Waals surface area contributed by atoms with E-state index in [4.69, 9.17) is 4.74 Å². The first kappa shape index (κ1) is 17.2. The smallest absolute Gasteiger partial charge is 0.258 e. The number of rotatable bonds is 4. The van der Waals surface area contributed by atoms with Gasteiger partial charge in [0.05, 0.1) is 12.8 Å². The van der Waals surface area contributed by atoms with Crippen molar-refractivity contribution < 1.29 is 9.53 Å². The molecule has 0 spiro atoms. The Morgan fingerprint density at radius 2 is 1.96 bits per heavy atom. The molecule has 7 heteroatoms. The molecule has 0 fully saturated rings. The molecular formula is C20H18N4O2S. The number of carbonyl (C=O) groups is 1. The number of aromatic nitrogens is 3. The molecule has 136 valence electrons. The summed E-state index contributed by atoms with van der Waals surface area (Å²) >= 11 is 1.46. The second-order valence-electron chi connectivity index (χ2n) is 6.20. The molecule has 0 aliphatic rings. The number of hydrogen-bond donors (Lipinski definition) is 1. The van der Waals surface area contributed by atoms with Crippen LogP contribution in [0.25, 0.3) is 16.2 Å². The molecule has 1 amide bonds.